The number of nitrogens with two attached hydrogens (primary N) is 1. The Bertz CT molecular complexity index is 734. The molecule has 7 nitrogen and oxygen atoms in total. The Morgan fingerprint density at radius 2 is 2.00 bits per heavy atom. The van der Waals surface area contributed by atoms with E-state index in [2.05, 4.69) is 26.1 Å². The standard InChI is InChI=1S/C25H44BN3O4/c1-17(9-5-6-13-28-22(30)11-7-12-27)23(31)29-14-8-10-21(29)26-32-20-16-18-15-19(24(18,2)3)25(20,4)33-26/h17-21H,5-16,27H2,1-4H3,(H,28,30)/t17-,18-,19-,20?,21-,25-/m0/s1. The van der Waals surface area contributed by atoms with Gasteiger partial charge in [-0.15, -0.1) is 0 Å². The number of amides is 2. The molecular weight excluding hydrogens is 417 g/mol. The van der Waals surface area contributed by atoms with E-state index in [1.165, 1.54) is 6.42 Å². The van der Waals surface area contributed by atoms with Crippen LogP contribution >= 0.6 is 0 Å². The van der Waals surface area contributed by atoms with Crippen molar-refractivity contribution in [2.75, 3.05) is 19.6 Å². The van der Waals surface area contributed by atoms with Gasteiger partial charge in [-0.2, -0.15) is 0 Å². The Hall–Kier alpha value is -1.12. The van der Waals surface area contributed by atoms with Gasteiger partial charge in [0.15, 0.2) is 0 Å². The lowest BCUT2D eigenvalue weighted by molar-refractivity contribution is -0.199. The van der Waals surface area contributed by atoms with E-state index >= 15 is 0 Å². The van der Waals surface area contributed by atoms with Crippen LogP contribution in [0.15, 0.2) is 0 Å². The highest BCUT2D eigenvalue weighted by Gasteiger charge is 2.69. The predicted molar refractivity (Wildman–Crippen MR) is 129 cm³/mol. The number of rotatable bonds is 10. The highest BCUT2D eigenvalue weighted by atomic mass is 16.7. The largest absolute Gasteiger partial charge is 0.481 e. The zero-order chi connectivity index (χ0) is 23.8. The maximum absolute atomic E-state index is 13.3. The van der Waals surface area contributed by atoms with Gasteiger partial charge in [0.2, 0.25) is 11.8 Å². The van der Waals surface area contributed by atoms with Gasteiger partial charge in [0.1, 0.15) is 0 Å². The summed E-state index contributed by atoms with van der Waals surface area (Å²) in [4.78, 5) is 27.0. The third-order valence-electron chi connectivity index (χ3n) is 9.28. The zero-order valence-electron chi connectivity index (χ0n) is 21.1. The van der Waals surface area contributed by atoms with Gasteiger partial charge in [0, 0.05) is 25.4 Å². The van der Waals surface area contributed by atoms with E-state index in [0.717, 1.165) is 57.4 Å². The fourth-order valence-corrected chi connectivity index (χ4v) is 6.97. The summed E-state index contributed by atoms with van der Waals surface area (Å²) in [6.07, 6.45) is 8.33. The van der Waals surface area contributed by atoms with Crippen LogP contribution < -0.4 is 11.1 Å². The first-order valence-electron chi connectivity index (χ1n) is 13.3. The number of hydrogen-bond acceptors (Lipinski definition) is 5. The molecule has 5 rings (SSSR count). The molecule has 2 saturated heterocycles. The van der Waals surface area contributed by atoms with E-state index in [0.29, 0.717) is 30.8 Å². The molecule has 0 aromatic heterocycles. The molecule has 0 radical (unpaired) electrons. The van der Waals surface area contributed by atoms with Crippen molar-refractivity contribution in [2.24, 2.45) is 28.9 Å². The van der Waals surface area contributed by atoms with Crippen molar-refractivity contribution >= 4 is 18.9 Å². The lowest BCUT2D eigenvalue weighted by Gasteiger charge is -2.64. The molecule has 5 aliphatic rings. The minimum atomic E-state index is -0.294. The second kappa shape index (κ2) is 9.86. The average molecular weight is 461 g/mol. The maximum Gasteiger partial charge on any atom is 0.481 e. The van der Waals surface area contributed by atoms with Crippen LogP contribution in [0.1, 0.15) is 85.5 Å². The molecule has 6 atom stereocenters. The fourth-order valence-electron chi connectivity index (χ4n) is 6.97. The molecule has 0 aromatic rings. The van der Waals surface area contributed by atoms with Gasteiger partial charge in [-0.1, -0.05) is 27.2 Å². The average Bonchev–Trinajstić information content (AvgIpc) is 3.40. The summed E-state index contributed by atoms with van der Waals surface area (Å²) in [6, 6.07) is 0. The van der Waals surface area contributed by atoms with E-state index in [4.69, 9.17) is 15.0 Å². The minimum Gasteiger partial charge on any atom is -0.404 e. The fraction of sp³-hybridized carbons (Fsp3) is 0.920. The first-order valence-corrected chi connectivity index (χ1v) is 13.3. The van der Waals surface area contributed by atoms with E-state index in [-0.39, 0.29) is 42.5 Å². The highest BCUT2D eigenvalue weighted by Crippen LogP contribution is 2.65. The Labute approximate surface area is 200 Å². The SMILES string of the molecule is C[C@@H](CCCCNC(=O)CCCN)C(=O)N1CCC[C@H]1B1OC2C[C@@H]3C[C@@H](C3(C)C)[C@]2(C)O1. The Morgan fingerprint density at radius 3 is 2.73 bits per heavy atom. The normalized spacial score (nSPS) is 35.2. The van der Waals surface area contributed by atoms with Gasteiger partial charge >= 0.3 is 7.12 Å². The summed E-state index contributed by atoms with van der Waals surface area (Å²) in [6.45, 7) is 11.0. The number of nitrogens with one attached hydrogen (secondary N) is 1. The summed E-state index contributed by atoms with van der Waals surface area (Å²) < 4.78 is 13.2. The summed E-state index contributed by atoms with van der Waals surface area (Å²) in [5.41, 5.74) is 5.54. The molecule has 2 amide bonds. The van der Waals surface area contributed by atoms with Crippen molar-refractivity contribution in [1.29, 1.82) is 0 Å². The quantitative estimate of drug-likeness (QED) is 0.386. The molecule has 5 fully saturated rings. The van der Waals surface area contributed by atoms with Gasteiger partial charge in [-0.05, 0) is 75.7 Å². The molecule has 3 aliphatic carbocycles. The number of unbranched alkanes of at least 4 members (excludes halogenated alkanes) is 1. The van der Waals surface area contributed by atoms with Gasteiger partial charge in [0.25, 0.3) is 0 Å². The molecule has 33 heavy (non-hydrogen) atoms. The van der Waals surface area contributed by atoms with Gasteiger partial charge in [0.05, 0.1) is 17.6 Å². The number of nitrogens with zero attached hydrogens (tertiary/aromatic N) is 1. The molecule has 2 aliphatic heterocycles. The van der Waals surface area contributed by atoms with Crippen LogP contribution in [0.4, 0.5) is 0 Å². The Kier molecular flexibility index (Phi) is 7.47. The van der Waals surface area contributed by atoms with Crippen molar-refractivity contribution in [2.45, 2.75) is 103 Å². The van der Waals surface area contributed by atoms with E-state index in [1.807, 2.05) is 11.8 Å². The molecule has 2 heterocycles. The van der Waals surface area contributed by atoms with Crippen LogP contribution in [0.2, 0.25) is 0 Å². The Morgan fingerprint density at radius 1 is 1.21 bits per heavy atom. The second-order valence-corrected chi connectivity index (χ2v) is 11.7. The van der Waals surface area contributed by atoms with Crippen molar-refractivity contribution in [1.82, 2.24) is 10.2 Å². The van der Waals surface area contributed by atoms with Crippen LogP contribution in [0.25, 0.3) is 0 Å². The van der Waals surface area contributed by atoms with Crippen LogP contribution in [-0.2, 0) is 18.9 Å². The zero-order valence-corrected chi connectivity index (χ0v) is 21.1. The third-order valence-corrected chi connectivity index (χ3v) is 9.28. The maximum atomic E-state index is 13.3. The number of carbonyl (C=O) groups is 2. The molecule has 2 bridgehead atoms. The van der Waals surface area contributed by atoms with Crippen LogP contribution in [0.5, 0.6) is 0 Å². The lowest BCUT2D eigenvalue weighted by atomic mass is 9.43. The van der Waals surface area contributed by atoms with E-state index < -0.39 is 0 Å². The summed E-state index contributed by atoms with van der Waals surface area (Å²) in [7, 11) is -0.294. The highest BCUT2D eigenvalue weighted by molar-refractivity contribution is 6.48. The lowest BCUT2D eigenvalue weighted by Crippen LogP contribution is -2.65. The third kappa shape index (κ3) is 4.72. The van der Waals surface area contributed by atoms with Crippen LogP contribution in [0.3, 0.4) is 0 Å². The van der Waals surface area contributed by atoms with Crippen molar-refractivity contribution in [3.05, 3.63) is 0 Å². The molecule has 8 heteroatoms. The smallest absolute Gasteiger partial charge is 0.404 e. The Balaban J connectivity index is 1.25. The molecular formula is C25H44BN3O4. The first-order chi connectivity index (χ1) is 15.7. The second-order valence-electron chi connectivity index (χ2n) is 11.7. The first kappa shape index (κ1) is 25.0. The summed E-state index contributed by atoms with van der Waals surface area (Å²) in [5, 5.41) is 2.94. The van der Waals surface area contributed by atoms with Crippen LogP contribution in [-0.4, -0.2) is 61.1 Å². The molecule has 0 spiro atoms. The predicted octanol–water partition coefficient (Wildman–Crippen LogP) is 2.91. The molecule has 3 N–H and O–H groups in total. The molecule has 3 saturated carbocycles. The van der Waals surface area contributed by atoms with Gasteiger partial charge in [-0.3, -0.25) is 9.59 Å². The molecule has 0 aromatic carbocycles. The van der Waals surface area contributed by atoms with E-state index in [9.17, 15) is 9.59 Å². The minimum absolute atomic E-state index is 0.0236. The monoisotopic (exact) mass is 461 g/mol. The van der Waals surface area contributed by atoms with Crippen molar-refractivity contribution in [3.63, 3.8) is 0 Å². The van der Waals surface area contributed by atoms with E-state index in [1.54, 1.807) is 0 Å². The topological polar surface area (TPSA) is 93.9 Å². The van der Waals surface area contributed by atoms with Crippen molar-refractivity contribution in [3.8, 4) is 0 Å². The summed E-state index contributed by atoms with van der Waals surface area (Å²) in [5.74, 6) is 1.57. The van der Waals surface area contributed by atoms with Crippen LogP contribution in [0, 0.1) is 23.2 Å². The number of hydrogen-bond donors (Lipinski definition) is 2. The van der Waals surface area contributed by atoms with Gasteiger partial charge < -0.3 is 25.3 Å². The molecule has 1 unspecified atom stereocenters. The summed E-state index contributed by atoms with van der Waals surface area (Å²) >= 11 is 0. The number of carbonyl (C=O) groups excluding carboxylic acids is 2. The van der Waals surface area contributed by atoms with Gasteiger partial charge in [-0.25, -0.2) is 0 Å². The number of likely N-dealkylation sites (tertiary alicyclic amines) is 1. The molecule has 186 valence electrons. The van der Waals surface area contributed by atoms with Crippen molar-refractivity contribution < 1.29 is 18.9 Å².